The highest BCUT2D eigenvalue weighted by Gasteiger charge is 2.22. The number of benzene rings is 1. The molecule has 2 rings (SSSR count). The lowest BCUT2D eigenvalue weighted by Crippen LogP contribution is -2.48. The maximum atomic E-state index is 12.6. The van der Waals surface area contributed by atoms with Gasteiger partial charge in [0.2, 0.25) is 0 Å². The van der Waals surface area contributed by atoms with Crippen molar-refractivity contribution >= 4 is 5.91 Å². The molecule has 1 saturated heterocycles. The van der Waals surface area contributed by atoms with Crippen LogP contribution in [0.1, 0.15) is 50.5 Å². The van der Waals surface area contributed by atoms with Crippen molar-refractivity contribution in [2.75, 3.05) is 32.7 Å². The first-order valence-electron chi connectivity index (χ1n) is 8.53. The van der Waals surface area contributed by atoms with Crippen LogP contribution < -0.4 is 0 Å². The van der Waals surface area contributed by atoms with Gasteiger partial charge in [0, 0.05) is 38.3 Å². The Hall–Kier alpha value is -1.61. The van der Waals surface area contributed by atoms with Gasteiger partial charge in [0.25, 0.3) is 5.91 Å². The Morgan fingerprint density at radius 1 is 1.04 bits per heavy atom. The standard InChI is InChI=1S/C20H30N2O/c1-16(2)10-11-21-12-14-22(15-13-21)19(23)17-6-8-18(9-7-17)20(3,4)5/h6-10H,11-15H2,1-5H3. The molecule has 3 nitrogen and oxygen atoms in total. The Labute approximate surface area is 141 Å². The largest absolute Gasteiger partial charge is 0.336 e. The molecule has 0 bridgehead atoms. The normalized spacial score (nSPS) is 16.3. The molecule has 3 heteroatoms. The highest BCUT2D eigenvalue weighted by molar-refractivity contribution is 5.94. The number of rotatable bonds is 3. The number of hydrogen-bond donors (Lipinski definition) is 0. The predicted molar refractivity (Wildman–Crippen MR) is 96.9 cm³/mol. The monoisotopic (exact) mass is 314 g/mol. The van der Waals surface area contributed by atoms with Crippen LogP contribution in [0.5, 0.6) is 0 Å². The number of nitrogens with zero attached hydrogens (tertiary/aromatic N) is 2. The summed E-state index contributed by atoms with van der Waals surface area (Å²) in [5.74, 6) is 0.160. The first-order chi connectivity index (χ1) is 10.8. The van der Waals surface area contributed by atoms with E-state index in [2.05, 4.69) is 57.7 Å². The number of piperazine rings is 1. The smallest absolute Gasteiger partial charge is 0.253 e. The molecule has 1 aromatic rings. The summed E-state index contributed by atoms with van der Waals surface area (Å²) >= 11 is 0. The van der Waals surface area contributed by atoms with E-state index in [-0.39, 0.29) is 11.3 Å². The van der Waals surface area contributed by atoms with E-state index in [1.54, 1.807) is 0 Å². The van der Waals surface area contributed by atoms with Crippen LogP contribution in [-0.4, -0.2) is 48.4 Å². The number of hydrogen-bond acceptors (Lipinski definition) is 2. The third-order valence-electron chi connectivity index (χ3n) is 4.42. The van der Waals surface area contributed by atoms with Crippen molar-refractivity contribution in [3.8, 4) is 0 Å². The van der Waals surface area contributed by atoms with Crippen LogP contribution in [0, 0.1) is 0 Å². The Balaban J connectivity index is 1.93. The third-order valence-corrected chi connectivity index (χ3v) is 4.42. The lowest BCUT2D eigenvalue weighted by atomic mass is 9.86. The first-order valence-corrected chi connectivity index (χ1v) is 8.53. The number of carbonyl (C=O) groups excluding carboxylic acids is 1. The van der Waals surface area contributed by atoms with Crippen LogP contribution in [-0.2, 0) is 5.41 Å². The molecule has 0 radical (unpaired) electrons. The zero-order valence-corrected chi connectivity index (χ0v) is 15.2. The van der Waals surface area contributed by atoms with Crippen LogP contribution in [0.2, 0.25) is 0 Å². The average Bonchev–Trinajstić information content (AvgIpc) is 2.52. The molecule has 1 fully saturated rings. The molecule has 0 saturated carbocycles. The molecule has 1 amide bonds. The van der Waals surface area contributed by atoms with Gasteiger partial charge in [0.1, 0.15) is 0 Å². The maximum absolute atomic E-state index is 12.6. The minimum Gasteiger partial charge on any atom is -0.336 e. The summed E-state index contributed by atoms with van der Waals surface area (Å²) in [6, 6.07) is 8.10. The molecule has 0 N–H and O–H groups in total. The van der Waals surface area contributed by atoms with Crippen molar-refractivity contribution in [3.63, 3.8) is 0 Å². The number of amides is 1. The second-order valence-electron chi connectivity index (χ2n) is 7.70. The average molecular weight is 314 g/mol. The molecule has 1 aliphatic rings. The summed E-state index contributed by atoms with van der Waals surface area (Å²) in [5, 5.41) is 0. The maximum Gasteiger partial charge on any atom is 0.253 e. The fourth-order valence-corrected chi connectivity index (χ4v) is 2.74. The molecule has 0 aliphatic carbocycles. The van der Waals surface area contributed by atoms with Crippen LogP contribution >= 0.6 is 0 Å². The van der Waals surface area contributed by atoms with Crippen LogP contribution in [0.15, 0.2) is 35.9 Å². The number of carbonyl (C=O) groups is 1. The molecule has 0 atom stereocenters. The summed E-state index contributed by atoms with van der Waals surface area (Å²) in [7, 11) is 0. The van der Waals surface area contributed by atoms with Crippen LogP contribution in [0.25, 0.3) is 0 Å². The lowest BCUT2D eigenvalue weighted by molar-refractivity contribution is 0.0650. The summed E-state index contributed by atoms with van der Waals surface area (Å²) in [5.41, 5.74) is 3.54. The van der Waals surface area contributed by atoms with Crippen LogP contribution in [0.3, 0.4) is 0 Å². The van der Waals surface area contributed by atoms with E-state index < -0.39 is 0 Å². The predicted octanol–water partition coefficient (Wildman–Crippen LogP) is 3.71. The second-order valence-corrected chi connectivity index (χ2v) is 7.70. The van der Waals surface area contributed by atoms with Gasteiger partial charge in [0.05, 0.1) is 0 Å². The minimum absolute atomic E-state index is 0.123. The Bertz CT molecular complexity index is 554. The SMILES string of the molecule is CC(C)=CCN1CCN(C(=O)c2ccc(C(C)(C)C)cc2)CC1. The van der Waals surface area contributed by atoms with Crippen molar-refractivity contribution in [2.24, 2.45) is 0 Å². The zero-order chi connectivity index (χ0) is 17.0. The van der Waals surface area contributed by atoms with E-state index >= 15 is 0 Å². The topological polar surface area (TPSA) is 23.6 Å². The van der Waals surface area contributed by atoms with Gasteiger partial charge in [-0.25, -0.2) is 0 Å². The summed E-state index contributed by atoms with van der Waals surface area (Å²) in [4.78, 5) is 17.0. The Morgan fingerprint density at radius 2 is 1.61 bits per heavy atom. The third kappa shape index (κ3) is 4.93. The molecular formula is C20H30N2O. The van der Waals surface area contributed by atoms with E-state index in [4.69, 9.17) is 0 Å². The van der Waals surface area contributed by atoms with Gasteiger partial charge in [-0.15, -0.1) is 0 Å². The zero-order valence-electron chi connectivity index (χ0n) is 15.2. The quantitative estimate of drug-likeness (QED) is 0.794. The fourth-order valence-electron chi connectivity index (χ4n) is 2.74. The minimum atomic E-state index is 0.123. The molecule has 1 aromatic carbocycles. The van der Waals surface area contributed by atoms with Crippen molar-refractivity contribution < 1.29 is 4.79 Å². The first kappa shape index (κ1) is 17.7. The molecule has 1 heterocycles. The summed E-state index contributed by atoms with van der Waals surface area (Å²) < 4.78 is 0. The molecular weight excluding hydrogens is 284 g/mol. The van der Waals surface area contributed by atoms with E-state index in [1.807, 2.05) is 17.0 Å². The van der Waals surface area contributed by atoms with Gasteiger partial charge in [-0.05, 0) is 37.0 Å². The molecule has 0 aromatic heterocycles. The highest BCUT2D eigenvalue weighted by Crippen LogP contribution is 2.22. The van der Waals surface area contributed by atoms with E-state index in [9.17, 15) is 4.79 Å². The van der Waals surface area contributed by atoms with Crippen molar-refractivity contribution in [1.82, 2.24) is 9.80 Å². The van der Waals surface area contributed by atoms with E-state index in [0.717, 1.165) is 38.3 Å². The molecule has 23 heavy (non-hydrogen) atoms. The van der Waals surface area contributed by atoms with Crippen molar-refractivity contribution in [1.29, 1.82) is 0 Å². The molecule has 1 aliphatic heterocycles. The van der Waals surface area contributed by atoms with Crippen molar-refractivity contribution in [3.05, 3.63) is 47.0 Å². The number of allylic oxidation sites excluding steroid dienone is 1. The van der Waals surface area contributed by atoms with Crippen LogP contribution in [0.4, 0.5) is 0 Å². The van der Waals surface area contributed by atoms with E-state index in [1.165, 1.54) is 11.1 Å². The molecule has 0 spiro atoms. The molecule has 126 valence electrons. The van der Waals surface area contributed by atoms with E-state index in [0.29, 0.717) is 0 Å². The van der Waals surface area contributed by atoms with Crippen molar-refractivity contribution in [2.45, 2.75) is 40.0 Å². The van der Waals surface area contributed by atoms with Gasteiger partial charge >= 0.3 is 0 Å². The summed E-state index contributed by atoms with van der Waals surface area (Å²) in [6.45, 7) is 15.4. The molecule has 0 unspecified atom stereocenters. The fraction of sp³-hybridized carbons (Fsp3) is 0.550. The lowest BCUT2D eigenvalue weighted by Gasteiger charge is -2.34. The summed E-state index contributed by atoms with van der Waals surface area (Å²) in [6.07, 6.45) is 2.25. The van der Waals surface area contributed by atoms with Gasteiger partial charge in [0.15, 0.2) is 0 Å². The van der Waals surface area contributed by atoms with Gasteiger partial charge in [-0.2, -0.15) is 0 Å². The highest BCUT2D eigenvalue weighted by atomic mass is 16.2. The van der Waals surface area contributed by atoms with Gasteiger partial charge in [-0.3, -0.25) is 9.69 Å². The Morgan fingerprint density at radius 3 is 2.09 bits per heavy atom. The van der Waals surface area contributed by atoms with Gasteiger partial charge in [-0.1, -0.05) is 44.6 Å². The van der Waals surface area contributed by atoms with Gasteiger partial charge < -0.3 is 4.90 Å². The second kappa shape index (κ2) is 7.31. The Kier molecular flexibility index (Phi) is 5.64.